The number of H-pyrrole nitrogens is 1. The van der Waals surface area contributed by atoms with Gasteiger partial charge in [0, 0.05) is 0 Å². The quantitative estimate of drug-likeness (QED) is 0.511. The molecule has 0 fully saturated rings. The third-order valence-electron chi connectivity index (χ3n) is 4.19. The molecule has 1 aromatic carbocycles. The van der Waals surface area contributed by atoms with Crippen LogP contribution in [0, 0.1) is 5.95 Å². The highest BCUT2D eigenvalue weighted by Gasteiger charge is 2.34. The molecule has 3 rings (SSSR count). The number of hydrogen-bond acceptors (Lipinski definition) is 3. The maximum Gasteiger partial charge on any atom is 0.324 e. The van der Waals surface area contributed by atoms with Gasteiger partial charge in [0.25, 0.3) is 11.7 Å². The molecule has 0 amide bonds. The van der Waals surface area contributed by atoms with Crippen molar-refractivity contribution < 1.29 is 18.8 Å². The maximum atomic E-state index is 14.4. The molecule has 0 radical (unpaired) electrons. The molecule has 2 heterocycles. The lowest BCUT2D eigenvalue weighted by molar-refractivity contribution is -0.409. The van der Waals surface area contributed by atoms with Crippen LogP contribution < -0.4 is 19.4 Å². The molecule has 4 nitrogen and oxygen atoms in total. The number of nitrogens with one attached hydrogen (secondary N) is 1. The Hall–Kier alpha value is -2.01. The van der Waals surface area contributed by atoms with Crippen LogP contribution in [0.15, 0.2) is 24.3 Å². The fraction of sp³-hybridized carbons (Fsp3) is 0.421. The summed E-state index contributed by atoms with van der Waals surface area (Å²) in [7, 11) is 0. The van der Waals surface area contributed by atoms with Gasteiger partial charge in [0.2, 0.25) is 5.75 Å². The fourth-order valence-corrected chi connectivity index (χ4v) is 2.97. The maximum absolute atomic E-state index is 14.4. The topological polar surface area (TPSA) is 35.8 Å². The number of pyridine rings is 1. The number of benzene rings is 1. The van der Waals surface area contributed by atoms with Crippen molar-refractivity contribution in [1.82, 2.24) is 0 Å². The Bertz CT molecular complexity index is 746. The van der Waals surface area contributed by atoms with E-state index in [4.69, 9.17) is 21.1 Å². The van der Waals surface area contributed by atoms with E-state index in [1.54, 1.807) is 6.07 Å². The Morgan fingerprint density at radius 1 is 1.00 bits per heavy atom. The summed E-state index contributed by atoms with van der Waals surface area (Å²) < 4.78 is 26.3. The standard InChI is InChI=1S/C19H22ClFN2O2/c1-3-5-11-23(12-6-4-2)19-17-16(15(20)18(21)22-19)24-13-9-7-8-10-14(13)25-17/h7-10H,3-6,11-12H2,1-2H3/p+1. The van der Waals surface area contributed by atoms with Gasteiger partial charge in [-0.25, -0.2) is 4.98 Å². The summed E-state index contributed by atoms with van der Waals surface area (Å²) >= 11 is 6.13. The van der Waals surface area contributed by atoms with E-state index in [2.05, 4.69) is 23.7 Å². The summed E-state index contributed by atoms with van der Waals surface area (Å²) in [6.07, 6.45) is 4.13. The molecular weight excluding hydrogens is 343 g/mol. The van der Waals surface area contributed by atoms with Gasteiger partial charge in [0.1, 0.15) is 0 Å². The molecule has 6 heteroatoms. The van der Waals surface area contributed by atoms with Crippen LogP contribution in [0.3, 0.4) is 0 Å². The largest absolute Gasteiger partial charge is 0.447 e. The van der Waals surface area contributed by atoms with Crippen LogP contribution in [-0.2, 0) is 0 Å². The molecule has 1 aliphatic heterocycles. The Morgan fingerprint density at radius 3 is 2.12 bits per heavy atom. The van der Waals surface area contributed by atoms with Gasteiger partial charge in [-0.15, -0.1) is 0 Å². The van der Waals surface area contributed by atoms with Crippen LogP contribution in [0.2, 0.25) is 5.02 Å². The Morgan fingerprint density at radius 2 is 1.56 bits per heavy atom. The predicted molar refractivity (Wildman–Crippen MR) is 96.6 cm³/mol. The van der Waals surface area contributed by atoms with E-state index in [9.17, 15) is 4.39 Å². The lowest BCUT2D eigenvalue weighted by atomic mass is 10.2. The molecule has 2 aromatic rings. The SMILES string of the molecule is CCCCN(CCCC)c1[nH+]c(F)c(Cl)c2c1Oc1ccccc1O2. The molecule has 25 heavy (non-hydrogen) atoms. The number of rotatable bonds is 7. The number of hydrogen-bond donors (Lipinski definition) is 0. The molecule has 0 spiro atoms. The normalized spacial score (nSPS) is 12.0. The number of aromatic amines is 1. The monoisotopic (exact) mass is 365 g/mol. The van der Waals surface area contributed by atoms with Crippen LogP contribution in [0.1, 0.15) is 39.5 Å². The Balaban J connectivity index is 2.04. The number of ether oxygens (including phenoxy) is 2. The first-order valence-electron chi connectivity index (χ1n) is 8.79. The second-order valence-corrected chi connectivity index (χ2v) is 6.48. The van der Waals surface area contributed by atoms with Crippen LogP contribution in [0.25, 0.3) is 0 Å². The first-order chi connectivity index (χ1) is 12.2. The fourth-order valence-electron chi connectivity index (χ4n) is 2.80. The van der Waals surface area contributed by atoms with E-state index < -0.39 is 5.95 Å². The van der Waals surface area contributed by atoms with Crippen molar-refractivity contribution in [3.8, 4) is 23.0 Å². The highest BCUT2D eigenvalue weighted by molar-refractivity contribution is 6.32. The van der Waals surface area contributed by atoms with Crippen LogP contribution in [0.4, 0.5) is 10.2 Å². The van der Waals surface area contributed by atoms with Crippen LogP contribution in [0.5, 0.6) is 23.0 Å². The molecule has 1 N–H and O–H groups in total. The van der Waals surface area contributed by atoms with E-state index in [1.807, 2.05) is 18.2 Å². The molecule has 0 atom stereocenters. The van der Waals surface area contributed by atoms with Crippen molar-refractivity contribution in [3.63, 3.8) is 0 Å². The van der Waals surface area contributed by atoms with E-state index in [0.717, 1.165) is 38.8 Å². The number of nitrogens with zero attached hydrogens (tertiary/aromatic N) is 1. The first-order valence-corrected chi connectivity index (χ1v) is 9.17. The predicted octanol–water partition coefficient (Wildman–Crippen LogP) is 5.60. The van der Waals surface area contributed by atoms with E-state index in [1.165, 1.54) is 0 Å². The molecule has 134 valence electrons. The van der Waals surface area contributed by atoms with E-state index in [-0.39, 0.29) is 10.8 Å². The summed E-state index contributed by atoms with van der Waals surface area (Å²) in [6.45, 7) is 5.89. The van der Waals surface area contributed by atoms with Gasteiger partial charge in [-0.2, -0.15) is 4.39 Å². The molecule has 0 saturated carbocycles. The molecular formula is C19H23ClFN2O2+. The average molecular weight is 366 g/mol. The minimum atomic E-state index is -0.614. The van der Waals surface area contributed by atoms with Crippen molar-refractivity contribution in [2.45, 2.75) is 39.5 Å². The van der Waals surface area contributed by atoms with Gasteiger partial charge >= 0.3 is 5.82 Å². The van der Waals surface area contributed by atoms with Crippen molar-refractivity contribution in [2.75, 3.05) is 18.0 Å². The van der Waals surface area contributed by atoms with E-state index >= 15 is 0 Å². The van der Waals surface area contributed by atoms with Crippen molar-refractivity contribution in [1.29, 1.82) is 0 Å². The summed E-state index contributed by atoms with van der Waals surface area (Å²) in [5, 5.41) is -0.0980. The number of anilines is 1. The van der Waals surface area contributed by atoms with Gasteiger partial charge in [0.05, 0.1) is 13.1 Å². The van der Waals surface area contributed by atoms with Gasteiger partial charge in [0.15, 0.2) is 16.5 Å². The second kappa shape index (κ2) is 7.91. The lowest BCUT2D eigenvalue weighted by Crippen LogP contribution is -2.33. The minimum absolute atomic E-state index is 0.0980. The van der Waals surface area contributed by atoms with Crippen LogP contribution in [-0.4, -0.2) is 13.1 Å². The number of fused-ring (bicyclic) bond motifs is 2. The van der Waals surface area contributed by atoms with Crippen LogP contribution >= 0.6 is 11.6 Å². The molecule has 0 aliphatic carbocycles. The summed E-state index contributed by atoms with van der Waals surface area (Å²) in [4.78, 5) is 4.89. The zero-order valence-corrected chi connectivity index (χ0v) is 15.3. The van der Waals surface area contributed by atoms with Gasteiger partial charge in [-0.05, 0) is 25.0 Å². The Labute approximate surface area is 152 Å². The molecule has 0 saturated heterocycles. The average Bonchev–Trinajstić information content (AvgIpc) is 2.64. The van der Waals surface area contributed by atoms with Gasteiger partial charge in [-0.3, -0.25) is 4.90 Å². The second-order valence-electron chi connectivity index (χ2n) is 6.10. The first kappa shape index (κ1) is 17.8. The van der Waals surface area contributed by atoms with Crippen molar-refractivity contribution in [3.05, 3.63) is 35.2 Å². The third-order valence-corrected chi connectivity index (χ3v) is 4.53. The van der Waals surface area contributed by atoms with Gasteiger partial charge in [-0.1, -0.05) is 50.4 Å². The highest BCUT2D eigenvalue weighted by atomic mass is 35.5. The van der Waals surface area contributed by atoms with Gasteiger partial charge < -0.3 is 9.47 Å². The number of unbranched alkanes of at least 4 members (excludes halogenated alkanes) is 2. The smallest absolute Gasteiger partial charge is 0.324 e. The van der Waals surface area contributed by atoms with Crippen molar-refractivity contribution in [2.24, 2.45) is 0 Å². The zero-order valence-electron chi connectivity index (χ0n) is 14.6. The Kier molecular flexibility index (Phi) is 5.63. The highest BCUT2D eigenvalue weighted by Crippen LogP contribution is 2.51. The summed E-state index contributed by atoms with van der Waals surface area (Å²) in [5.74, 6) is 1.76. The minimum Gasteiger partial charge on any atom is -0.447 e. The molecule has 1 aliphatic rings. The molecule has 0 bridgehead atoms. The molecule has 0 unspecified atom stereocenters. The van der Waals surface area contributed by atoms with E-state index in [0.29, 0.717) is 23.1 Å². The number of para-hydroxylation sites is 2. The number of halogens is 2. The lowest BCUT2D eigenvalue weighted by Gasteiger charge is -2.24. The summed E-state index contributed by atoms with van der Waals surface area (Å²) in [5.41, 5.74) is 0. The number of aromatic nitrogens is 1. The third kappa shape index (κ3) is 3.66. The zero-order chi connectivity index (χ0) is 17.8. The summed E-state index contributed by atoms with van der Waals surface area (Å²) in [6, 6.07) is 7.30. The molecule has 1 aromatic heterocycles. The van der Waals surface area contributed by atoms with Crippen molar-refractivity contribution >= 4 is 17.4 Å².